The molecular formula is C18H16F2N2O2S2. The summed E-state index contributed by atoms with van der Waals surface area (Å²) in [6, 6.07) is 10.7. The molecule has 0 atom stereocenters. The van der Waals surface area contributed by atoms with Gasteiger partial charge in [0, 0.05) is 17.0 Å². The van der Waals surface area contributed by atoms with Crippen LogP contribution < -0.4 is 4.72 Å². The molecule has 3 rings (SSSR count). The Bertz CT molecular complexity index is 999. The maximum Gasteiger partial charge on any atom is 0.240 e. The summed E-state index contributed by atoms with van der Waals surface area (Å²) in [7, 11) is -3.68. The zero-order valence-corrected chi connectivity index (χ0v) is 15.5. The Labute approximate surface area is 154 Å². The summed E-state index contributed by atoms with van der Waals surface area (Å²) < 4.78 is 52.8. The highest BCUT2D eigenvalue weighted by molar-refractivity contribution is 7.89. The SMILES string of the molecule is Cc1nc(-c2ccc(F)cc2)sc1CCNS(=O)(=O)c1ccc(F)cc1. The fourth-order valence-corrected chi connectivity index (χ4v) is 4.47. The van der Waals surface area contributed by atoms with Crippen molar-refractivity contribution >= 4 is 21.4 Å². The van der Waals surface area contributed by atoms with E-state index in [9.17, 15) is 17.2 Å². The Kier molecular flexibility index (Phi) is 5.45. The standard InChI is InChI=1S/C18H16F2N2O2S2/c1-12-17(25-18(22-12)13-2-4-14(19)5-3-13)10-11-21-26(23,24)16-8-6-15(20)7-9-16/h2-9,21H,10-11H2,1H3. The van der Waals surface area contributed by atoms with E-state index in [4.69, 9.17) is 0 Å². The number of benzene rings is 2. The predicted octanol–water partition coefficient (Wildman–Crippen LogP) is 3.92. The summed E-state index contributed by atoms with van der Waals surface area (Å²) in [6.45, 7) is 2.05. The van der Waals surface area contributed by atoms with Gasteiger partial charge in [-0.25, -0.2) is 26.9 Å². The van der Waals surface area contributed by atoms with Crippen molar-refractivity contribution in [2.45, 2.75) is 18.2 Å². The van der Waals surface area contributed by atoms with Crippen molar-refractivity contribution in [3.05, 3.63) is 70.7 Å². The Morgan fingerprint density at radius 3 is 2.19 bits per heavy atom. The van der Waals surface area contributed by atoms with E-state index in [1.807, 2.05) is 6.92 Å². The van der Waals surface area contributed by atoms with E-state index in [0.717, 1.165) is 33.3 Å². The van der Waals surface area contributed by atoms with Crippen molar-refractivity contribution < 1.29 is 17.2 Å². The van der Waals surface area contributed by atoms with Crippen LogP contribution in [0.25, 0.3) is 10.6 Å². The highest BCUT2D eigenvalue weighted by Crippen LogP contribution is 2.28. The van der Waals surface area contributed by atoms with Gasteiger partial charge in [0.05, 0.1) is 10.6 Å². The smallest absolute Gasteiger partial charge is 0.240 e. The van der Waals surface area contributed by atoms with E-state index in [2.05, 4.69) is 9.71 Å². The van der Waals surface area contributed by atoms with Gasteiger partial charge >= 0.3 is 0 Å². The van der Waals surface area contributed by atoms with Gasteiger partial charge in [0.25, 0.3) is 0 Å². The zero-order valence-electron chi connectivity index (χ0n) is 13.9. The Morgan fingerprint density at radius 1 is 1.00 bits per heavy atom. The highest BCUT2D eigenvalue weighted by atomic mass is 32.2. The van der Waals surface area contributed by atoms with Gasteiger partial charge in [-0.2, -0.15) is 0 Å². The second kappa shape index (κ2) is 7.61. The Hall–Kier alpha value is -2.16. The number of nitrogens with one attached hydrogen (secondary N) is 1. The molecule has 2 aromatic carbocycles. The zero-order chi connectivity index (χ0) is 18.7. The summed E-state index contributed by atoms with van der Waals surface area (Å²) in [5, 5.41) is 0.763. The van der Waals surface area contributed by atoms with Crippen molar-refractivity contribution in [3.63, 3.8) is 0 Å². The van der Waals surface area contributed by atoms with Crippen LogP contribution in [0.3, 0.4) is 0 Å². The van der Waals surface area contributed by atoms with Gasteiger partial charge in [-0.1, -0.05) is 0 Å². The van der Waals surface area contributed by atoms with Gasteiger partial charge in [-0.3, -0.25) is 0 Å². The number of aryl methyl sites for hydroxylation is 1. The quantitative estimate of drug-likeness (QED) is 0.689. The first kappa shape index (κ1) is 18.6. The number of halogens is 2. The van der Waals surface area contributed by atoms with E-state index in [0.29, 0.717) is 6.42 Å². The van der Waals surface area contributed by atoms with E-state index in [1.165, 1.54) is 35.6 Å². The topological polar surface area (TPSA) is 59.1 Å². The van der Waals surface area contributed by atoms with E-state index >= 15 is 0 Å². The van der Waals surface area contributed by atoms with Gasteiger partial charge in [0.2, 0.25) is 10.0 Å². The fourth-order valence-electron chi connectivity index (χ4n) is 2.37. The minimum absolute atomic E-state index is 0.0203. The third-order valence-corrected chi connectivity index (χ3v) is 6.50. The minimum Gasteiger partial charge on any atom is -0.241 e. The van der Waals surface area contributed by atoms with E-state index < -0.39 is 15.8 Å². The lowest BCUT2D eigenvalue weighted by molar-refractivity contribution is 0.581. The molecule has 0 bridgehead atoms. The summed E-state index contributed by atoms with van der Waals surface area (Å²) in [5.74, 6) is -0.796. The molecule has 0 saturated heterocycles. The molecule has 4 nitrogen and oxygen atoms in total. The van der Waals surface area contributed by atoms with Crippen molar-refractivity contribution in [3.8, 4) is 10.6 Å². The van der Waals surface area contributed by atoms with Crippen LogP contribution >= 0.6 is 11.3 Å². The summed E-state index contributed by atoms with van der Waals surface area (Å²) in [6.07, 6.45) is 0.477. The normalized spacial score (nSPS) is 11.7. The van der Waals surface area contributed by atoms with Crippen LogP contribution in [0.15, 0.2) is 53.4 Å². The number of aromatic nitrogens is 1. The number of hydrogen-bond donors (Lipinski definition) is 1. The maximum absolute atomic E-state index is 13.0. The average molecular weight is 394 g/mol. The largest absolute Gasteiger partial charge is 0.241 e. The molecule has 26 heavy (non-hydrogen) atoms. The van der Waals surface area contributed by atoms with Crippen molar-refractivity contribution in [1.82, 2.24) is 9.71 Å². The average Bonchev–Trinajstić information content (AvgIpc) is 2.97. The minimum atomic E-state index is -3.68. The first-order chi connectivity index (χ1) is 12.3. The molecule has 0 radical (unpaired) electrons. The second-order valence-corrected chi connectivity index (χ2v) is 8.49. The molecule has 1 aromatic heterocycles. The maximum atomic E-state index is 13.0. The van der Waals surface area contributed by atoms with Crippen molar-refractivity contribution in [1.29, 1.82) is 0 Å². The first-order valence-corrected chi connectivity index (χ1v) is 10.1. The predicted molar refractivity (Wildman–Crippen MR) is 97.5 cm³/mol. The number of thiazole rings is 1. The first-order valence-electron chi connectivity index (χ1n) is 7.82. The van der Waals surface area contributed by atoms with Gasteiger partial charge < -0.3 is 0 Å². The molecule has 0 amide bonds. The van der Waals surface area contributed by atoms with E-state index in [1.54, 1.807) is 12.1 Å². The molecule has 0 aliphatic heterocycles. The van der Waals surface area contributed by atoms with Crippen LogP contribution in [0.1, 0.15) is 10.6 Å². The monoisotopic (exact) mass is 394 g/mol. The molecule has 0 aliphatic rings. The molecule has 0 aliphatic carbocycles. The molecule has 0 unspecified atom stereocenters. The molecule has 0 saturated carbocycles. The lowest BCUT2D eigenvalue weighted by Crippen LogP contribution is -2.25. The molecule has 0 spiro atoms. The van der Waals surface area contributed by atoms with Crippen molar-refractivity contribution in [2.24, 2.45) is 0 Å². The fraction of sp³-hybridized carbons (Fsp3) is 0.167. The van der Waals surface area contributed by atoms with Crippen LogP contribution in [0.4, 0.5) is 8.78 Å². The van der Waals surface area contributed by atoms with Gasteiger partial charge in [0.1, 0.15) is 16.6 Å². The van der Waals surface area contributed by atoms with Crippen LogP contribution in [0.2, 0.25) is 0 Å². The molecule has 1 heterocycles. The number of hydrogen-bond acceptors (Lipinski definition) is 4. The van der Waals surface area contributed by atoms with Gasteiger partial charge in [-0.05, 0) is 61.9 Å². The molecule has 0 fully saturated rings. The van der Waals surface area contributed by atoms with E-state index in [-0.39, 0.29) is 17.3 Å². The summed E-state index contributed by atoms with van der Waals surface area (Å²) in [5.41, 5.74) is 1.63. The molecule has 3 aromatic rings. The Balaban J connectivity index is 1.66. The third-order valence-electron chi connectivity index (χ3n) is 3.75. The number of sulfonamides is 1. The van der Waals surface area contributed by atoms with Crippen LogP contribution in [0, 0.1) is 18.6 Å². The summed E-state index contributed by atoms with van der Waals surface area (Å²) >= 11 is 1.45. The number of nitrogens with zero attached hydrogens (tertiary/aromatic N) is 1. The molecule has 136 valence electrons. The van der Waals surface area contributed by atoms with Crippen LogP contribution in [-0.2, 0) is 16.4 Å². The van der Waals surface area contributed by atoms with Crippen LogP contribution in [-0.4, -0.2) is 19.9 Å². The summed E-state index contributed by atoms with van der Waals surface area (Å²) in [4.78, 5) is 5.44. The van der Waals surface area contributed by atoms with Gasteiger partial charge in [0.15, 0.2) is 0 Å². The molecular weight excluding hydrogens is 378 g/mol. The highest BCUT2D eigenvalue weighted by Gasteiger charge is 2.15. The van der Waals surface area contributed by atoms with Gasteiger partial charge in [-0.15, -0.1) is 11.3 Å². The van der Waals surface area contributed by atoms with Crippen molar-refractivity contribution in [2.75, 3.05) is 6.54 Å². The molecule has 8 heteroatoms. The third kappa shape index (κ3) is 4.32. The lowest BCUT2D eigenvalue weighted by Gasteiger charge is -2.06. The number of rotatable bonds is 6. The molecule has 1 N–H and O–H groups in total. The van der Waals surface area contributed by atoms with Crippen LogP contribution in [0.5, 0.6) is 0 Å². The second-order valence-electron chi connectivity index (χ2n) is 5.64. The Morgan fingerprint density at radius 2 is 1.58 bits per heavy atom. The lowest BCUT2D eigenvalue weighted by atomic mass is 10.2.